The Hall–Kier alpha value is -4.86. The minimum atomic E-state index is -4.61. The van der Waals surface area contributed by atoms with Crippen molar-refractivity contribution < 1.29 is 27.5 Å². The number of nitrogens with one attached hydrogen (secondary N) is 3. The monoisotopic (exact) mass is 634 g/mol. The molecule has 1 aromatic heterocycles. The van der Waals surface area contributed by atoms with Crippen LogP contribution in [-0.2, 0) is 10.3 Å². The van der Waals surface area contributed by atoms with Gasteiger partial charge in [0.1, 0.15) is 6.04 Å². The number of amides is 2. The zero-order valence-corrected chi connectivity index (χ0v) is 24.0. The molecule has 1 aliphatic rings. The van der Waals surface area contributed by atoms with Crippen molar-refractivity contribution in [1.82, 2.24) is 20.3 Å². The van der Waals surface area contributed by atoms with Crippen LogP contribution in [0.15, 0.2) is 53.5 Å². The summed E-state index contributed by atoms with van der Waals surface area (Å²) < 4.78 is 43.3. The Labute approximate surface area is 254 Å². The SMILES string of the molecule is NC(=O)C(CCCN=C(N)N)NC(=O)c1ccc(Nc2nc(NC3(c4ccc(Cl)cc4)CC3)nc(OCC(F)(F)F)n2)cc1. The van der Waals surface area contributed by atoms with Crippen LogP contribution in [-0.4, -0.2) is 58.1 Å². The first kappa shape index (κ1) is 32.1. The number of benzene rings is 2. The maximum absolute atomic E-state index is 12.8. The third-order valence-electron chi connectivity index (χ3n) is 6.48. The Balaban J connectivity index is 1.47. The molecule has 0 bridgehead atoms. The maximum atomic E-state index is 12.8. The Bertz CT molecular complexity index is 1500. The van der Waals surface area contributed by atoms with Gasteiger partial charge in [0.15, 0.2) is 12.6 Å². The molecule has 0 saturated heterocycles. The number of ether oxygens (including phenoxy) is 1. The van der Waals surface area contributed by atoms with E-state index in [0.29, 0.717) is 17.1 Å². The topological polar surface area (TPSA) is 209 Å². The number of halogens is 4. The van der Waals surface area contributed by atoms with Crippen molar-refractivity contribution in [2.24, 2.45) is 22.2 Å². The van der Waals surface area contributed by atoms with E-state index in [-0.39, 0.29) is 36.4 Å². The number of nitrogens with two attached hydrogens (primary N) is 3. The third-order valence-corrected chi connectivity index (χ3v) is 6.73. The smallest absolute Gasteiger partial charge is 0.422 e. The van der Waals surface area contributed by atoms with E-state index in [2.05, 4.69) is 35.9 Å². The molecule has 0 spiro atoms. The second-order valence-electron chi connectivity index (χ2n) is 9.96. The quantitative estimate of drug-likeness (QED) is 0.0867. The van der Waals surface area contributed by atoms with Gasteiger partial charge in [-0.05, 0) is 67.6 Å². The maximum Gasteiger partial charge on any atom is 0.422 e. The van der Waals surface area contributed by atoms with Gasteiger partial charge in [-0.25, -0.2) is 0 Å². The van der Waals surface area contributed by atoms with Crippen molar-refractivity contribution >= 4 is 47.0 Å². The van der Waals surface area contributed by atoms with Gasteiger partial charge in [0.25, 0.3) is 5.91 Å². The average Bonchev–Trinajstić information content (AvgIpc) is 3.73. The number of guanidine groups is 1. The van der Waals surface area contributed by atoms with Crippen LogP contribution in [0.1, 0.15) is 41.6 Å². The number of carbonyl (C=O) groups is 2. The molecule has 17 heteroatoms. The van der Waals surface area contributed by atoms with E-state index in [0.717, 1.165) is 18.4 Å². The summed E-state index contributed by atoms with van der Waals surface area (Å²) in [4.78, 5) is 40.7. The van der Waals surface area contributed by atoms with E-state index >= 15 is 0 Å². The number of rotatable bonds is 14. The molecule has 1 aliphatic carbocycles. The normalized spacial score (nSPS) is 14.2. The van der Waals surface area contributed by atoms with Crippen LogP contribution >= 0.6 is 11.6 Å². The molecule has 0 radical (unpaired) electrons. The predicted octanol–water partition coefficient (Wildman–Crippen LogP) is 2.95. The number of carbonyl (C=O) groups excluding carboxylic acids is 2. The summed E-state index contributed by atoms with van der Waals surface area (Å²) in [6.45, 7) is -1.33. The summed E-state index contributed by atoms with van der Waals surface area (Å²) in [7, 11) is 0. The number of aromatic nitrogens is 3. The van der Waals surface area contributed by atoms with E-state index in [9.17, 15) is 22.8 Å². The van der Waals surface area contributed by atoms with Gasteiger partial charge in [0, 0.05) is 22.8 Å². The van der Waals surface area contributed by atoms with E-state index in [4.69, 9.17) is 33.5 Å². The first-order valence-corrected chi connectivity index (χ1v) is 13.7. The largest absolute Gasteiger partial charge is 0.454 e. The van der Waals surface area contributed by atoms with E-state index in [1.165, 1.54) is 24.3 Å². The highest BCUT2D eigenvalue weighted by molar-refractivity contribution is 6.30. The Morgan fingerprint density at radius 1 is 1.00 bits per heavy atom. The van der Waals surface area contributed by atoms with Crippen LogP contribution < -0.4 is 37.9 Å². The Morgan fingerprint density at radius 2 is 1.66 bits per heavy atom. The number of hydrogen-bond donors (Lipinski definition) is 6. The number of aliphatic imine (C=N–C) groups is 1. The van der Waals surface area contributed by atoms with Crippen LogP contribution in [0.5, 0.6) is 6.01 Å². The van der Waals surface area contributed by atoms with Gasteiger partial charge < -0.3 is 37.9 Å². The third kappa shape index (κ3) is 9.32. The summed E-state index contributed by atoms with van der Waals surface area (Å²) in [6.07, 6.45) is -2.50. The number of alkyl halides is 3. The Kier molecular flexibility index (Phi) is 9.93. The number of hydrogen-bond acceptors (Lipinski definition) is 9. The molecule has 9 N–H and O–H groups in total. The van der Waals surface area contributed by atoms with Gasteiger partial charge >= 0.3 is 12.2 Å². The number of primary amides is 1. The van der Waals surface area contributed by atoms with Crippen LogP contribution in [0.2, 0.25) is 5.02 Å². The molecule has 1 atom stereocenters. The van der Waals surface area contributed by atoms with Gasteiger partial charge in [-0.1, -0.05) is 23.7 Å². The van der Waals surface area contributed by atoms with Crippen molar-refractivity contribution in [2.45, 2.75) is 43.4 Å². The molecular weight excluding hydrogens is 605 g/mol. The fraction of sp³-hybridized carbons (Fsp3) is 0.333. The second-order valence-corrected chi connectivity index (χ2v) is 10.4. The van der Waals surface area contributed by atoms with Crippen LogP contribution in [0, 0.1) is 0 Å². The fourth-order valence-electron chi connectivity index (χ4n) is 4.14. The van der Waals surface area contributed by atoms with Crippen LogP contribution in [0.3, 0.4) is 0 Å². The van der Waals surface area contributed by atoms with Crippen molar-refractivity contribution in [3.8, 4) is 6.01 Å². The molecular formula is C27H30ClF3N10O3. The zero-order chi connectivity index (χ0) is 31.9. The standard InChI is InChI=1S/C27H30ClF3N10O3/c28-17-7-5-16(6-8-17)26(11-12-26)41-24-38-23(39-25(40-24)44-14-27(29,30)31)36-18-9-3-15(4-10-18)21(43)37-19(20(32)42)2-1-13-35-22(33)34/h3-10,19H,1-2,11-14H2,(H2,32,42)(H,37,43)(H4,33,34,35)(H2,36,38,39,40,41). The van der Waals surface area contributed by atoms with Crippen LogP contribution in [0.25, 0.3) is 0 Å². The first-order valence-electron chi connectivity index (χ1n) is 13.3. The summed E-state index contributed by atoms with van der Waals surface area (Å²) in [5.41, 5.74) is 17.0. The minimum absolute atomic E-state index is 0.000422. The first-order chi connectivity index (χ1) is 20.8. The molecule has 234 valence electrons. The summed E-state index contributed by atoms with van der Waals surface area (Å²) in [6, 6.07) is 11.7. The minimum Gasteiger partial charge on any atom is -0.454 e. The van der Waals surface area contributed by atoms with Gasteiger partial charge in [0.05, 0.1) is 5.54 Å². The molecule has 13 nitrogen and oxygen atoms in total. The van der Waals surface area contributed by atoms with Gasteiger partial charge in [-0.2, -0.15) is 28.1 Å². The molecule has 0 aliphatic heterocycles. The molecule has 3 aromatic rings. The van der Waals surface area contributed by atoms with Crippen LogP contribution in [0.4, 0.5) is 30.8 Å². The molecule has 44 heavy (non-hydrogen) atoms. The lowest BCUT2D eigenvalue weighted by atomic mass is 10.1. The molecule has 2 aromatic carbocycles. The second kappa shape index (κ2) is 13.6. The Morgan fingerprint density at radius 3 is 2.25 bits per heavy atom. The van der Waals surface area contributed by atoms with Gasteiger partial charge in [-0.15, -0.1) is 0 Å². The average molecular weight is 635 g/mol. The molecule has 1 unspecified atom stereocenters. The van der Waals surface area contributed by atoms with E-state index < -0.39 is 42.2 Å². The van der Waals surface area contributed by atoms with E-state index in [1.54, 1.807) is 12.1 Å². The van der Waals surface area contributed by atoms with E-state index in [1.807, 2.05) is 12.1 Å². The summed E-state index contributed by atoms with van der Waals surface area (Å²) >= 11 is 6.00. The number of anilines is 3. The summed E-state index contributed by atoms with van der Waals surface area (Å²) in [5, 5.41) is 9.21. The molecule has 1 heterocycles. The fourth-order valence-corrected chi connectivity index (χ4v) is 4.26. The highest BCUT2D eigenvalue weighted by atomic mass is 35.5. The molecule has 2 amide bonds. The summed E-state index contributed by atoms with van der Waals surface area (Å²) in [5.74, 6) is -1.45. The lowest BCUT2D eigenvalue weighted by Crippen LogP contribution is -2.44. The van der Waals surface area contributed by atoms with Crippen molar-refractivity contribution in [3.63, 3.8) is 0 Å². The number of nitrogens with zero attached hydrogens (tertiary/aromatic N) is 4. The lowest BCUT2D eigenvalue weighted by molar-refractivity contribution is -0.154. The molecule has 4 rings (SSSR count). The predicted molar refractivity (Wildman–Crippen MR) is 157 cm³/mol. The van der Waals surface area contributed by atoms with Crippen molar-refractivity contribution in [1.29, 1.82) is 0 Å². The zero-order valence-electron chi connectivity index (χ0n) is 23.2. The van der Waals surface area contributed by atoms with Crippen molar-refractivity contribution in [2.75, 3.05) is 23.8 Å². The lowest BCUT2D eigenvalue weighted by Gasteiger charge is -2.19. The highest BCUT2D eigenvalue weighted by Crippen LogP contribution is 2.48. The molecule has 1 fully saturated rings. The van der Waals surface area contributed by atoms with Gasteiger partial charge in [0.2, 0.25) is 17.8 Å². The highest BCUT2D eigenvalue weighted by Gasteiger charge is 2.45. The van der Waals surface area contributed by atoms with Gasteiger partial charge in [-0.3, -0.25) is 14.6 Å². The van der Waals surface area contributed by atoms with Crippen molar-refractivity contribution in [3.05, 3.63) is 64.7 Å². The molecule has 1 saturated carbocycles.